The molecule has 0 radical (unpaired) electrons. The van der Waals surface area contributed by atoms with Crippen LogP contribution in [0, 0.1) is 11.3 Å². The highest BCUT2D eigenvalue weighted by atomic mass is 19.4. The Morgan fingerprint density at radius 1 is 1.33 bits per heavy atom. The van der Waals surface area contributed by atoms with Gasteiger partial charge in [0.15, 0.2) is 11.9 Å². The average Bonchev–Trinajstić information content (AvgIpc) is 2.73. The third-order valence-electron chi connectivity index (χ3n) is 3.59. The summed E-state index contributed by atoms with van der Waals surface area (Å²) in [4.78, 5) is 1.52. The van der Waals surface area contributed by atoms with Gasteiger partial charge in [0.25, 0.3) is 5.92 Å². The number of rotatable bonds is 4. The van der Waals surface area contributed by atoms with Gasteiger partial charge in [-0.3, -0.25) is 4.90 Å². The highest BCUT2D eigenvalue weighted by Crippen LogP contribution is 2.35. The maximum absolute atomic E-state index is 14.0. The minimum absolute atomic E-state index is 0.0554. The topological polar surface area (TPSA) is 45.5 Å². The smallest absolute Gasteiger partial charge is 0.483 e. The summed E-state index contributed by atoms with van der Waals surface area (Å²) in [6, 6.07) is 4.41. The van der Waals surface area contributed by atoms with Gasteiger partial charge in [0, 0.05) is 18.7 Å². The molecule has 24 heavy (non-hydrogen) atoms. The van der Waals surface area contributed by atoms with Gasteiger partial charge >= 0.3 is 6.36 Å². The van der Waals surface area contributed by atoms with Crippen LogP contribution in [0.4, 0.5) is 22.0 Å². The van der Waals surface area contributed by atoms with Crippen LogP contribution in [0.5, 0.6) is 11.5 Å². The lowest BCUT2D eigenvalue weighted by atomic mass is 10.2. The van der Waals surface area contributed by atoms with E-state index in [1.54, 1.807) is 19.9 Å². The number of alkyl halides is 5. The van der Waals surface area contributed by atoms with E-state index in [1.165, 1.54) is 4.90 Å². The van der Waals surface area contributed by atoms with Crippen molar-refractivity contribution in [1.29, 1.82) is 5.26 Å². The summed E-state index contributed by atoms with van der Waals surface area (Å²) in [5.41, 5.74) is -0.373. The molecule has 1 fully saturated rings. The van der Waals surface area contributed by atoms with Crippen molar-refractivity contribution in [1.82, 2.24) is 4.90 Å². The minimum atomic E-state index is -5.00. The van der Waals surface area contributed by atoms with E-state index in [0.29, 0.717) is 0 Å². The average molecular weight is 350 g/mol. The molecule has 1 heterocycles. The Kier molecular flexibility index (Phi) is 4.90. The highest BCUT2D eigenvalue weighted by Gasteiger charge is 2.50. The Morgan fingerprint density at radius 3 is 2.50 bits per heavy atom. The van der Waals surface area contributed by atoms with Crippen LogP contribution in [0.15, 0.2) is 18.2 Å². The zero-order chi connectivity index (χ0) is 18.1. The fourth-order valence-corrected chi connectivity index (χ4v) is 2.34. The van der Waals surface area contributed by atoms with Crippen molar-refractivity contribution in [2.75, 3.05) is 13.1 Å². The van der Waals surface area contributed by atoms with Gasteiger partial charge in [-0.25, -0.2) is 8.78 Å². The van der Waals surface area contributed by atoms with Gasteiger partial charge in [-0.15, -0.1) is 13.2 Å². The first-order chi connectivity index (χ1) is 11.0. The maximum Gasteiger partial charge on any atom is 0.573 e. The van der Waals surface area contributed by atoms with Gasteiger partial charge in [0.1, 0.15) is 11.8 Å². The fourth-order valence-electron chi connectivity index (χ4n) is 2.34. The van der Waals surface area contributed by atoms with E-state index in [4.69, 9.17) is 10.00 Å². The number of benzene rings is 1. The molecule has 1 saturated heterocycles. The molecule has 0 spiro atoms. The molecule has 1 aromatic carbocycles. The highest BCUT2D eigenvalue weighted by molar-refractivity contribution is 5.47. The molecule has 0 amide bonds. The lowest BCUT2D eigenvalue weighted by molar-refractivity contribution is -0.274. The molecule has 2 rings (SSSR count). The second kappa shape index (κ2) is 6.43. The van der Waals surface area contributed by atoms with Gasteiger partial charge in [-0.05, 0) is 26.0 Å². The predicted octanol–water partition coefficient (Wildman–Crippen LogP) is 3.56. The first-order valence-electron chi connectivity index (χ1n) is 7.10. The van der Waals surface area contributed by atoms with Gasteiger partial charge in [-0.2, -0.15) is 5.26 Å². The molecular weight excluding hydrogens is 335 g/mol. The molecule has 0 unspecified atom stereocenters. The Morgan fingerprint density at radius 2 is 2.00 bits per heavy atom. The normalized spacial score (nSPS) is 20.9. The van der Waals surface area contributed by atoms with Crippen LogP contribution in [-0.4, -0.2) is 42.4 Å². The van der Waals surface area contributed by atoms with Gasteiger partial charge < -0.3 is 9.47 Å². The molecule has 1 aliphatic rings. The molecule has 1 aromatic rings. The fraction of sp³-hybridized carbons (Fsp3) is 0.533. The third-order valence-corrected chi connectivity index (χ3v) is 3.59. The predicted molar refractivity (Wildman–Crippen MR) is 73.9 cm³/mol. The molecule has 0 saturated carbocycles. The van der Waals surface area contributed by atoms with Crippen LogP contribution in [0.25, 0.3) is 0 Å². The lowest BCUT2D eigenvalue weighted by Gasteiger charge is -2.20. The minimum Gasteiger partial charge on any atom is -0.483 e. The SMILES string of the molecule is CC(C)N1C[C@H](Oc2ccc(C#N)c(OC(F)(F)F)c2)C(F)(F)C1. The summed E-state index contributed by atoms with van der Waals surface area (Å²) >= 11 is 0. The van der Waals surface area contributed by atoms with Crippen molar-refractivity contribution in [3.63, 3.8) is 0 Å². The second-order valence-electron chi connectivity index (χ2n) is 5.71. The first kappa shape index (κ1) is 18.3. The van der Waals surface area contributed by atoms with Crippen LogP contribution < -0.4 is 9.47 Å². The molecule has 132 valence electrons. The van der Waals surface area contributed by atoms with E-state index in [-0.39, 0.29) is 23.9 Å². The number of halogens is 5. The molecule has 0 bridgehead atoms. The molecule has 0 N–H and O–H groups in total. The summed E-state index contributed by atoms with van der Waals surface area (Å²) in [6.45, 7) is 2.97. The Balaban J connectivity index is 2.21. The van der Waals surface area contributed by atoms with Crippen molar-refractivity contribution in [2.24, 2.45) is 0 Å². The molecule has 0 aromatic heterocycles. The largest absolute Gasteiger partial charge is 0.573 e. The van der Waals surface area contributed by atoms with Crippen LogP contribution in [0.3, 0.4) is 0 Å². The number of nitrogens with zero attached hydrogens (tertiary/aromatic N) is 2. The Labute approximate surface area is 135 Å². The lowest BCUT2D eigenvalue weighted by Crippen LogP contribution is -2.36. The third kappa shape index (κ3) is 4.26. The maximum atomic E-state index is 14.0. The van der Waals surface area contributed by atoms with E-state index in [1.807, 2.05) is 0 Å². The Bertz CT molecular complexity index is 640. The van der Waals surface area contributed by atoms with Crippen molar-refractivity contribution in [2.45, 2.75) is 38.3 Å². The van der Waals surface area contributed by atoms with Crippen molar-refractivity contribution in [3.8, 4) is 17.6 Å². The summed E-state index contributed by atoms with van der Waals surface area (Å²) in [5.74, 6) is -4.14. The number of hydrogen-bond acceptors (Lipinski definition) is 4. The number of hydrogen-bond donors (Lipinski definition) is 0. The zero-order valence-corrected chi connectivity index (χ0v) is 12.9. The molecule has 0 aliphatic carbocycles. The van der Waals surface area contributed by atoms with E-state index in [9.17, 15) is 22.0 Å². The summed E-state index contributed by atoms with van der Waals surface area (Å²) in [5, 5.41) is 8.80. The molecule has 1 aliphatic heterocycles. The standard InChI is InChI=1S/C15H15F5N2O2/c1-9(2)22-7-13(14(16,17)8-22)23-11-4-3-10(6-21)12(5-11)24-15(18,19)20/h3-5,9,13H,7-8H2,1-2H3/t13-/m0/s1. The van der Waals surface area contributed by atoms with Gasteiger partial charge in [0.2, 0.25) is 0 Å². The summed E-state index contributed by atoms with van der Waals surface area (Å²) in [6.07, 6.45) is -6.50. The molecule has 9 heteroatoms. The van der Waals surface area contributed by atoms with Crippen LogP contribution in [0.2, 0.25) is 0 Å². The van der Waals surface area contributed by atoms with Gasteiger partial charge in [-0.1, -0.05) is 0 Å². The van der Waals surface area contributed by atoms with E-state index in [0.717, 1.165) is 18.2 Å². The van der Waals surface area contributed by atoms with Crippen LogP contribution in [-0.2, 0) is 0 Å². The van der Waals surface area contributed by atoms with Crippen molar-refractivity contribution < 1.29 is 31.4 Å². The summed E-state index contributed by atoms with van der Waals surface area (Å²) < 4.78 is 74.0. The Hall–Kier alpha value is -2.08. The monoisotopic (exact) mass is 350 g/mol. The number of nitriles is 1. The van der Waals surface area contributed by atoms with Crippen molar-refractivity contribution in [3.05, 3.63) is 23.8 Å². The summed E-state index contributed by atoms with van der Waals surface area (Å²) in [7, 11) is 0. The van der Waals surface area contributed by atoms with Crippen molar-refractivity contribution >= 4 is 0 Å². The van der Waals surface area contributed by atoms with Gasteiger partial charge in [0.05, 0.1) is 12.1 Å². The zero-order valence-electron chi connectivity index (χ0n) is 12.9. The molecule has 1 atom stereocenters. The molecular formula is C15H15F5N2O2. The van der Waals surface area contributed by atoms with E-state index < -0.39 is 30.7 Å². The van der Waals surface area contributed by atoms with E-state index >= 15 is 0 Å². The molecule has 4 nitrogen and oxygen atoms in total. The van der Waals surface area contributed by atoms with Crippen LogP contribution in [0.1, 0.15) is 19.4 Å². The van der Waals surface area contributed by atoms with E-state index in [2.05, 4.69) is 4.74 Å². The number of likely N-dealkylation sites (tertiary alicyclic amines) is 1. The number of ether oxygens (including phenoxy) is 2. The quantitative estimate of drug-likeness (QED) is 0.779. The van der Waals surface area contributed by atoms with Crippen LogP contribution >= 0.6 is 0 Å². The first-order valence-corrected chi connectivity index (χ1v) is 7.10. The second-order valence-corrected chi connectivity index (χ2v) is 5.71.